The Labute approximate surface area is 138 Å². The average Bonchev–Trinajstić information content (AvgIpc) is 3.17. The highest BCUT2D eigenvalue weighted by atomic mass is 15.2. The molecule has 1 aliphatic rings. The number of para-hydroxylation sites is 1. The van der Waals surface area contributed by atoms with E-state index in [0.29, 0.717) is 0 Å². The Morgan fingerprint density at radius 3 is 3.00 bits per heavy atom. The maximum Gasteiger partial charge on any atom is 0.190 e. The lowest BCUT2D eigenvalue weighted by Crippen LogP contribution is -2.40. The van der Waals surface area contributed by atoms with E-state index in [1.165, 1.54) is 36.0 Å². The number of nitrogens with zero attached hydrogens (tertiary/aromatic N) is 2. The van der Waals surface area contributed by atoms with Gasteiger partial charge in [-0.3, -0.25) is 4.99 Å². The quantitative estimate of drug-likeness (QED) is 0.583. The van der Waals surface area contributed by atoms with Gasteiger partial charge in [-0.2, -0.15) is 0 Å². The summed E-state index contributed by atoms with van der Waals surface area (Å²) in [5, 5.41) is 8.18. The fraction of sp³-hybridized carbons (Fsp3) is 0.500. The Bertz CT molecular complexity index is 660. The van der Waals surface area contributed by atoms with Gasteiger partial charge in [0.05, 0.1) is 0 Å². The summed E-state index contributed by atoms with van der Waals surface area (Å²) in [5.41, 5.74) is 2.55. The molecule has 0 saturated carbocycles. The van der Waals surface area contributed by atoms with Gasteiger partial charge in [-0.25, -0.2) is 0 Å². The second-order valence-electron chi connectivity index (χ2n) is 6.41. The van der Waals surface area contributed by atoms with Crippen LogP contribution in [0.2, 0.25) is 0 Å². The number of benzene rings is 1. The fourth-order valence-corrected chi connectivity index (χ4v) is 3.31. The van der Waals surface area contributed by atoms with Crippen LogP contribution in [0.5, 0.6) is 0 Å². The van der Waals surface area contributed by atoms with Crippen LogP contribution in [-0.2, 0) is 6.42 Å². The Hall–Kier alpha value is -2.01. The number of rotatable bonds is 5. The molecule has 1 unspecified atom stereocenters. The monoisotopic (exact) mass is 313 g/mol. The molecule has 124 valence electrons. The fourth-order valence-electron chi connectivity index (χ4n) is 3.31. The number of H-pyrrole nitrogens is 1. The Morgan fingerprint density at radius 2 is 2.22 bits per heavy atom. The van der Waals surface area contributed by atoms with E-state index in [-0.39, 0.29) is 0 Å². The number of hydrogen-bond acceptors (Lipinski definition) is 2. The lowest BCUT2D eigenvalue weighted by atomic mass is 10.1. The number of fused-ring (bicyclic) bond motifs is 1. The SMILES string of the molecule is CN=C(NCCc1c[nH]c2ccccc12)NCC1CCN(C)C1. The first-order chi connectivity index (χ1) is 11.3. The smallest absolute Gasteiger partial charge is 0.190 e. The van der Waals surface area contributed by atoms with Gasteiger partial charge in [0.25, 0.3) is 0 Å². The van der Waals surface area contributed by atoms with Crippen molar-refractivity contribution in [3.63, 3.8) is 0 Å². The molecule has 0 radical (unpaired) electrons. The number of aliphatic imine (C=N–C) groups is 1. The molecular formula is C18H27N5. The molecule has 5 heteroatoms. The molecule has 1 aromatic heterocycles. The van der Waals surface area contributed by atoms with E-state index >= 15 is 0 Å². The molecular weight excluding hydrogens is 286 g/mol. The predicted molar refractivity (Wildman–Crippen MR) is 97.0 cm³/mol. The van der Waals surface area contributed by atoms with Crippen LogP contribution < -0.4 is 10.6 Å². The van der Waals surface area contributed by atoms with Crippen molar-refractivity contribution >= 4 is 16.9 Å². The van der Waals surface area contributed by atoms with Crippen LogP contribution in [-0.4, -0.2) is 56.1 Å². The predicted octanol–water partition coefficient (Wildman–Crippen LogP) is 1.83. The van der Waals surface area contributed by atoms with Gasteiger partial charge in [0.1, 0.15) is 0 Å². The number of likely N-dealkylation sites (tertiary alicyclic amines) is 1. The minimum Gasteiger partial charge on any atom is -0.361 e. The topological polar surface area (TPSA) is 55.5 Å². The first-order valence-electron chi connectivity index (χ1n) is 8.44. The van der Waals surface area contributed by atoms with Crippen molar-refractivity contribution in [3.05, 3.63) is 36.0 Å². The first-order valence-corrected chi connectivity index (χ1v) is 8.44. The molecule has 1 fully saturated rings. The first kappa shape index (κ1) is 15.9. The van der Waals surface area contributed by atoms with Crippen molar-refractivity contribution in [3.8, 4) is 0 Å². The Balaban J connectivity index is 1.45. The van der Waals surface area contributed by atoms with Gasteiger partial charge in [-0.15, -0.1) is 0 Å². The molecule has 0 aliphatic carbocycles. The number of aromatic nitrogens is 1. The molecule has 1 aromatic carbocycles. The second kappa shape index (κ2) is 7.51. The maximum absolute atomic E-state index is 4.32. The maximum atomic E-state index is 4.32. The zero-order chi connectivity index (χ0) is 16.1. The molecule has 3 rings (SSSR count). The summed E-state index contributed by atoms with van der Waals surface area (Å²) in [6, 6.07) is 8.44. The summed E-state index contributed by atoms with van der Waals surface area (Å²) in [7, 11) is 4.02. The highest BCUT2D eigenvalue weighted by molar-refractivity contribution is 5.83. The molecule has 3 N–H and O–H groups in total. The van der Waals surface area contributed by atoms with Crippen LogP contribution in [0.3, 0.4) is 0 Å². The van der Waals surface area contributed by atoms with Crippen LogP contribution in [0.4, 0.5) is 0 Å². The van der Waals surface area contributed by atoms with E-state index in [2.05, 4.69) is 63.0 Å². The van der Waals surface area contributed by atoms with E-state index in [1.54, 1.807) is 0 Å². The molecule has 2 aromatic rings. The van der Waals surface area contributed by atoms with E-state index < -0.39 is 0 Å². The van der Waals surface area contributed by atoms with Gasteiger partial charge in [-0.05, 0) is 44.0 Å². The molecule has 1 saturated heterocycles. The van der Waals surface area contributed by atoms with Gasteiger partial charge in [0.15, 0.2) is 5.96 Å². The third-order valence-electron chi connectivity index (χ3n) is 4.63. The third-order valence-corrected chi connectivity index (χ3v) is 4.63. The summed E-state index contributed by atoms with van der Waals surface area (Å²) >= 11 is 0. The van der Waals surface area contributed by atoms with Crippen LogP contribution >= 0.6 is 0 Å². The van der Waals surface area contributed by atoms with Crippen molar-refractivity contribution in [2.75, 3.05) is 40.3 Å². The summed E-state index contributed by atoms with van der Waals surface area (Å²) in [6.07, 6.45) is 4.36. The van der Waals surface area contributed by atoms with Crippen molar-refractivity contribution in [1.29, 1.82) is 0 Å². The zero-order valence-electron chi connectivity index (χ0n) is 14.1. The van der Waals surface area contributed by atoms with E-state index in [9.17, 15) is 0 Å². The largest absolute Gasteiger partial charge is 0.361 e. The van der Waals surface area contributed by atoms with Gasteiger partial charge in [0.2, 0.25) is 0 Å². The highest BCUT2D eigenvalue weighted by Gasteiger charge is 2.19. The average molecular weight is 313 g/mol. The third kappa shape index (κ3) is 4.05. The number of aromatic amines is 1. The molecule has 1 aliphatic heterocycles. The number of nitrogens with one attached hydrogen (secondary N) is 3. The molecule has 2 heterocycles. The van der Waals surface area contributed by atoms with Crippen LogP contribution in [0.1, 0.15) is 12.0 Å². The molecule has 1 atom stereocenters. The van der Waals surface area contributed by atoms with E-state index in [0.717, 1.165) is 31.4 Å². The standard InChI is InChI=1S/C18H27N5/c1-19-18(22-11-14-8-10-23(2)13-14)20-9-7-15-12-21-17-6-4-3-5-16(15)17/h3-6,12,14,21H,7-11,13H2,1-2H3,(H2,19,20,22). The molecule has 0 spiro atoms. The normalized spacial score (nSPS) is 19.4. The van der Waals surface area contributed by atoms with Crippen molar-refractivity contribution in [2.45, 2.75) is 12.8 Å². The minimum absolute atomic E-state index is 0.729. The van der Waals surface area contributed by atoms with Gasteiger partial charge < -0.3 is 20.5 Å². The number of guanidine groups is 1. The van der Waals surface area contributed by atoms with Crippen LogP contribution in [0.15, 0.2) is 35.5 Å². The Kier molecular flexibility index (Phi) is 5.18. The molecule has 5 nitrogen and oxygen atoms in total. The molecule has 0 amide bonds. The lowest BCUT2D eigenvalue weighted by molar-refractivity contribution is 0.394. The highest BCUT2D eigenvalue weighted by Crippen LogP contribution is 2.17. The molecule has 23 heavy (non-hydrogen) atoms. The van der Waals surface area contributed by atoms with Gasteiger partial charge >= 0.3 is 0 Å². The van der Waals surface area contributed by atoms with Gasteiger partial charge in [0, 0.05) is 43.8 Å². The Morgan fingerprint density at radius 1 is 1.35 bits per heavy atom. The molecule has 0 bridgehead atoms. The van der Waals surface area contributed by atoms with Crippen molar-refractivity contribution in [1.82, 2.24) is 20.5 Å². The summed E-state index contributed by atoms with van der Waals surface area (Å²) < 4.78 is 0. The van der Waals surface area contributed by atoms with Crippen LogP contribution in [0.25, 0.3) is 10.9 Å². The van der Waals surface area contributed by atoms with E-state index in [4.69, 9.17) is 0 Å². The minimum atomic E-state index is 0.729. The summed E-state index contributed by atoms with van der Waals surface area (Å²) in [4.78, 5) is 10.0. The number of hydrogen-bond donors (Lipinski definition) is 3. The van der Waals surface area contributed by atoms with Gasteiger partial charge in [-0.1, -0.05) is 18.2 Å². The van der Waals surface area contributed by atoms with Crippen molar-refractivity contribution in [2.24, 2.45) is 10.9 Å². The zero-order valence-corrected chi connectivity index (χ0v) is 14.1. The lowest BCUT2D eigenvalue weighted by Gasteiger charge is -2.15. The summed E-state index contributed by atoms with van der Waals surface area (Å²) in [5.74, 6) is 1.63. The van der Waals surface area contributed by atoms with Crippen LogP contribution in [0, 0.1) is 5.92 Å². The van der Waals surface area contributed by atoms with Crippen molar-refractivity contribution < 1.29 is 0 Å². The second-order valence-corrected chi connectivity index (χ2v) is 6.41. The van der Waals surface area contributed by atoms with E-state index in [1.807, 2.05) is 7.05 Å². The summed E-state index contributed by atoms with van der Waals surface area (Å²) in [6.45, 7) is 4.27.